The van der Waals surface area contributed by atoms with Gasteiger partial charge < -0.3 is 0 Å². The maximum atomic E-state index is 2.44. The molecule has 28 heavy (non-hydrogen) atoms. The predicted octanol–water partition coefficient (Wildman–Crippen LogP) is 6.24. The summed E-state index contributed by atoms with van der Waals surface area (Å²) >= 11 is -1.36. The van der Waals surface area contributed by atoms with E-state index in [9.17, 15) is 0 Å². The van der Waals surface area contributed by atoms with E-state index in [1.807, 2.05) is 0 Å². The van der Waals surface area contributed by atoms with E-state index < -0.39 is 14.3 Å². The Bertz CT molecular complexity index is 839. The first-order valence-electron chi connectivity index (χ1n) is 10.9. The molecule has 3 aliphatic heterocycles. The van der Waals surface area contributed by atoms with Gasteiger partial charge in [0, 0.05) is 0 Å². The van der Waals surface area contributed by atoms with Gasteiger partial charge in [-0.25, -0.2) is 0 Å². The first kappa shape index (κ1) is 17.1. The van der Waals surface area contributed by atoms with Gasteiger partial charge in [-0.3, -0.25) is 0 Å². The maximum absolute atomic E-state index is 2.44. The van der Waals surface area contributed by atoms with E-state index in [0.717, 1.165) is 0 Å². The summed E-state index contributed by atoms with van der Waals surface area (Å²) in [6, 6.07) is 34.8. The second-order valence-electron chi connectivity index (χ2n) is 9.95. The van der Waals surface area contributed by atoms with E-state index in [1.54, 1.807) is 32.5 Å². The molecule has 0 unspecified atom stereocenters. The Kier molecular flexibility index (Phi) is 3.72. The summed E-state index contributed by atoms with van der Waals surface area (Å²) in [4.78, 5) is 0. The van der Waals surface area contributed by atoms with Gasteiger partial charge in [0.1, 0.15) is 0 Å². The van der Waals surface area contributed by atoms with Crippen LogP contribution >= 0.6 is 0 Å². The van der Waals surface area contributed by atoms with Crippen molar-refractivity contribution in [3.8, 4) is 0 Å². The van der Waals surface area contributed by atoms with Crippen LogP contribution in [0.1, 0.15) is 36.0 Å². The molecule has 4 bridgehead atoms. The van der Waals surface area contributed by atoms with Crippen LogP contribution < -0.4 is 0 Å². The molecule has 3 aromatic rings. The average Bonchev–Trinajstić information content (AvgIpc) is 2.75. The van der Waals surface area contributed by atoms with E-state index >= 15 is 0 Å². The van der Waals surface area contributed by atoms with Crippen LogP contribution in [0, 0.1) is 0 Å². The Balaban J connectivity index is 1.56. The van der Waals surface area contributed by atoms with Crippen LogP contribution in [0.25, 0.3) is 0 Å². The van der Waals surface area contributed by atoms with E-state index in [0.29, 0.717) is 16.2 Å². The van der Waals surface area contributed by atoms with Crippen LogP contribution in [0.15, 0.2) is 91.0 Å². The summed E-state index contributed by atoms with van der Waals surface area (Å²) in [5.74, 6) is 0. The zero-order valence-electron chi connectivity index (χ0n) is 16.5. The topological polar surface area (TPSA) is 0 Å². The molecule has 4 fully saturated rings. The van der Waals surface area contributed by atoms with Gasteiger partial charge in [0.25, 0.3) is 0 Å². The molecule has 1 aliphatic carbocycles. The van der Waals surface area contributed by atoms with Crippen molar-refractivity contribution in [2.75, 3.05) is 0 Å². The van der Waals surface area contributed by atoms with Gasteiger partial charge in [0.05, 0.1) is 0 Å². The summed E-state index contributed by atoms with van der Waals surface area (Å²) in [7, 11) is 0. The average molecular weight is 425 g/mol. The Labute approximate surface area is 173 Å². The molecule has 0 N–H and O–H groups in total. The Morgan fingerprint density at radius 1 is 0.429 bits per heavy atom. The molecule has 0 nitrogen and oxygen atoms in total. The molecule has 0 aromatic heterocycles. The zero-order valence-corrected chi connectivity index (χ0v) is 18.9. The second kappa shape index (κ2) is 6.10. The van der Waals surface area contributed by atoms with Gasteiger partial charge >= 0.3 is 173 Å². The van der Waals surface area contributed by atoms with Crippen LogP contribution in [-0.2, 0) is 16.2 Å². The Morgan fingerprint density at radius 3 is 1.00 bits per heavy atom. The third kappa shape index (κ3) is 2.43. The molecule has 7 rings (SSSR count). The molecular weight excluding hydrogens is 397 g/mol. The fourth-order valence-electron chi connectivity index (χ4n) is 7.78. The van der Waals surface area contributed by atoms with Crippen LogP contribution in [-0.4, -0.2) is 14.3 Å². The van der Waals surface area contributed by atoms with Crippen molar-refractivity contribution in [2.24, 2.45) is 0 Å². The number of rotatable bonds is 3. The zero-order chi connectivity index (χ0) is 18.7. The molecule has 0 amide bonds. The number of hydrogen-bond acceptors (Lipinski definition) is 0. The van der Waals surface area contributed by atoms with Crippen molar-refractivity contribution < 1.29 is 0 Å². The summed E-state index contributed by atoms with van der Waals surface area (Å²) in [5.41, 5.74) is 6.12. The molecule has 4 aliphatic rings. The molecule has 0 spiro atoms. The fraction of sp³-hybridized carbons (Fsp3) is 0.333. The minimum atomic E-state index is -1.36. The Morgan fingerprint density at radius 2 is 0.714 bits per heavy atom. The Hall–Kier alpha value is -1.80. The molecular formula is C27H28Ge. The summed E-state index contributed by atoms with van der Waals surface area (Å²) in [6.45, 7) is 0. The number of hydrogen-bond donors (Lipinski definition) is 0. The van der Waals surface area contributed by atoms with Gasteiger partial charge in [0.15, 0.2) is 0 Å². The molecule has 1 heteroatoms. The molecule has 0 atom stereocenters. The van der Waals surface area contributed by atoms with Gasteiger partial charge in [-0.2, -0.15) is 0 Å². The van der Waals surface area contributed by atoms with Crippen molar-refractivity contribution in [1.82, 2.24) is 0 Å². The molecule has 140 valence electrons. The van der Waals surface area contributed by atoms with Gasteiger partial charge in [-0.15, -0.1) is 0 Å². The van der Waals surface area contributed by atoms with E-state index in [4.69, 9.17) is 0 Å². The van der Waals surface area contributed by atoms with Crippen molar-refractivity contribution in [3.05, 3.63) is 108 Å². The van der Waals surface area contributed by atoms with Crippen molar-refractivity contribution in [2.45, 2.75) is 51.3 Å². The van der Waals surface area contributed by atoms with Gasteiger partial charge in [0.2, 0.25) is 0 Å². The molecule has 1 saturated carbocycles. The third-order valence-electron chi connectivity index (χ3n) is 8.23. The van der Waals surface area contributed by atoms with E-state index in [1.165, 1.54) is 19.3 Å². The predicted molar refractivity (Wildman–Crippen MR) is 120 cm³/mol. The van der Waals surface area contributed by atoms with Crippen molar-refractivity contribution in [1.29, 1.82) is 0 Å². The SMILES string of the molecule is c1ccc(C23[CH2][GeH]4[CH2]C(c5ccccc5)(C2)CC(c2ccccc2)([CH2]4)C3)cc1. The van der Waals surface area contributed by atoms with Crippen LogP contribution in [0.4, 0.5) is 0 Å². The molecule has 3 saturated heterocycles. The second-order valence-corrected chi connectivity index (χ2v) is 16.2. The standard InChI is InChI=1S/C27H28Ge/c1-4-10-22(11-5-1)25-16-26(23-12-6-2-7-13-23)18-27(17-25,21-28(19-25)20-26)24-14-8-3-9-15-24/h1-15,28H,16-21H2. The number of benzene rings is 3. The molecule has 3 aromatic carbocycles. The van der Waals surface area contributed by atoms with E-state index in [2.05, 4.69) is 91.0 Å². The first-order valence-corrected chi connectivity index (χ1v) is 16.0. The van der Waals surface area contributed by atoms with E-state index in [-0.39, 0.29) is 0 Å². The van der Waals surface area contributed by atoms with Gasteiger partial charge in [-0.05, 0) is 0 Å². The van der Waals surface area contributed by atoms with Crippen molar-refractivity contribution in [3.63, 3.8) is 0 Å². The van der Waals surface area contributed by atoms with Crippen LogP contribution in [0.3, 0.4) is 0 Å². The van der Waals surface area contributed by atoms with Crippen LogP contribution in [0.2, 0.25) is 15.8 Å². The fourth-order valence-corrected chi connectivity index (χ4v) is 18.9. The summed E-state index contributed by atoms with van der Waals surface area (Å²) < 4.78 is 0. The van der Waals surface area contributed by atoms with Crippen molar-refractivity contribution >= 4 is 14.3 Å². The summed E-state index contributed by atoms with van der Waals surface area (Å²) in [6.07, 6.45) is 4.10. The minimum absolute atomic E-state index is 0.409. The molecule has 3 heterocycles. The quantitative estimate of drug-likeness (QED) is 0.436. The monoisotopic (exact) mass is 426 g/mol. The first-order chi connectivity index (χ1) is 13.7. The van der Waals surface area contributed by atoms with Crippen LogP contribution in [0.5, 0.6) is 0 Å². The third-order valence-corrected chi connectivity index (χ3v) is 16.8. The van der Waals surface area contributed by atoms with Gasteiger partial charge in [-0.1, -0.05) is 0 Å². The molecule has 0 radical (unpaired) electrons. The summed E-state index contributed by atoms with van der Waals surface area (Å²) in [5, 5.41) is 4.69. The normalized spacial score (nSPS) is 35.8.